The second-order valence-corrected chi connectivity index (χ2v) is 16.5. The molecule has 0 bridgehead atoms. The van der Waals surface area contributed by atoms with Crippen LogP contribution >= 0.6 is 0 Å². The van der Waals surface area contributed by atoms with Gasteiger partial charge >= 0.3 is 29.3 Å². The van der Waals surface area contributed by atoms with E-state index in [-0.39, 0.29) is 27.9 Å². The largest absolute Gasteiger partial charge is 0.507 e. The molecule has 0 saturated carbocycles. The van der Waals surface area contributed by atoms with E-state index in [1.807, 2.05) is 0 Å². The second kappa shape index (κ2) is 22.4. The van der Waals surface area contributed by atoms with E-state index in [0.717, 1.165) is 48.5 Å². The van der Waals surface area contributed by atoms with Crippen LogP contribution in [0.25, 0.3) is 28.4 Å². The number of carbonyl (C=O) groups excluding carboxylic acids is 2. The van der Waals surface area contributed by atoms with E-state index < -0.39 is 177 Å². The lowest BCUT2D eigenvalue weighted by Gasteiger charge is -2.45. The number of aliphatic hydroxyl groups excluding tert-OH is 9. The molecule has 15 atom stereocenters. The molecule has 4 aromatic rings. The number of fused-ring (bicyclic) bond motifs is 1. The van der Waals surface area contributed by atoms with Crippen molar-refractivity contribution in [3.63, 3.8) is 0 Å². The maximum atomic E-state index is 12.8. The third-order valence-corrected chi connectivity index (χ3v) is 11.5. The highest BCUT2D eigenvalue weighted by Crippen LogP contribution is 2.44. The first-order valence-corrected chi connectivity index (χ1v) is 21.5. The lowest BCUT2D eigenvalue weighted by Crippen LogP contribution is -2.65. The van der Waals surface area contributed by atoms with E-state index in [1.54, 1.807) is 0 Å². The Labute approximate surface area is 403 Å². The number of hydrogen-bond acceptors (Lipinski definition) is 25. The van der Waals surface area contributed by atoms with Gasteiger partial charge in [0.05, 0.1) is 18.2 Å². The number of ether oxygens (including phenoxy) is 8. The zero-order valence-electron chi connectivity index (χ0n) is 36.9. The number of phenolic OH excluding ortho intramolecular Hbond substituents is 5. The minimum Gasteiger partial charge on any atom is -0.507 e. The molecule has 3 saturated heterocycles. The van der Waals surface area contributed by atoms with Crippen LogP contribution in [0.3, 0.4) is 0 Å². The average Bonchev–Trinajstić information content (AvgIpc) is 3.33. The first-order chi connectivity index (χ1) is 34.1. The Balaban J connectivity index is 1.26. The van der Waals surface area contributed by atoms with Crippen LogP contribution in [0.15, 0.2) is 65.1 Å². The molecule has 27 nitrogen and oxygen atoms in total. The zero-order chi connectivity index (χ0) is 52.3. The maximum absolute atomic E-state index is 12.8. The van der Waals surface area contributed by atoms with Crippen LogP contribution in [0.2, 0.25) is 0 Å². The molecule has 7 rings (SSSR count). The topological polar surface area (TPSA) is 440 Å². The number of benzene rings is 3. The van der Waals surface area contributed by atoms with Crippen LogP contribution in [0.1, 0.15) is 12.0 Å². The molecular formula is C45H49O27+. The lowest BCUT2D eigenvalue weighted by atomic mass is 9.97. The molecule has 390 valence electrons. The molecule has 3 aliphatic heterocycles. The Morgan fingerprint density at radius 1 is 0.597 bits per heavy atom. The number of rotatable bonds is 16. The monoisotopic (exact) mass is 1020 g/mol. The number of carboxylic acid groups (broad SMARTS) is 1. The van der Waals surface area contributed by atoms with Crippen molar-refractivity contribution in [3.05, 3.63) is 66.2 Å². The summed E-state index contributed by atoms with van der Waals surface area (Å²) >= 11 is 0. The summed E-state index contributed by atoms with van der Waals surface area (Å²) in [6.07, 6.45) is -27.9. The minimum absolute atomic E-state index is 0.0709. The van der Waals surface area contributed by atoms with Gasteiger partial charge in [0.2, 0.25) is 18.3 Å². The fourth-order valence-electron chi connectivity index (χ4n) is 7.61. The van der Waals surface area contributed by atoms with E-state index in [4.69, 9.17) is 47.4 Å². The predicted molar refractivity (Wildman–Crippen MR) is 231 cm³/mol. The fourth-order valence-corrected chi connectivity index (χ4v) is 7.61. The highest BCUT2D eigenvalue weighted by atomic mass is 16.8. The first-order valence-electron chi connectivity index (χ1n) is 21.5. The molecule has 3 aromatic carbocycles. The number of aliphatic hydroxyl groups is 9. The van der Waals surface area contributed by atoms with Crippen LogP contribution in [-0.4, -0.2) is 206 Å². The van der Waals surface area contributed by atoms with Crippen LogP contribution < -0.4 is 9.47 Å². The van der Waals surface area contributed by atoms with Gasteiger partial charge in [0.25, 0.3) is 0 Å². The van der Waals surface area contributed by atoms with E-state index in [0.29, 0.717) is 0 Å². The van der Waals surface area contributed by atoms with Gasteiger partial charge in [-0.3, -0.25) is 9.59 Å². The van der Waals surface area contributed by atoms with Gasteiger partial charge in [-0.25, -0.2) is 9.21 Å². The summed E-state index contributed by atoms with van der Waals surface area (Å²) in [6.45, 7) is -2.56. The van der Waals surface area contributed by atoms with E-state index in [1.165, 1.54) is 18.2 Å². The van der Waals surface area contributed by atoms with Gasteiger partial charge in [-0.15, -0.1) is 0 Å². The Morgan fingerprint density at radius 3 is 1.83 bits per heavy atom. The van der Waals surface area contributed by atoms with Crippen molar-refractivity contribution in [1.29, 1.82) is 0 Å². The summed E-state index contributed by atoms with van der Waals surface area (Å²) in [4.78, 5) is 35.7. The average molecular weight is 1020 g/mol. The van der Waals surface area contributed by atoms with Gasteiger partial charge in [-0.2, -0.15) is 0 Å². The number of carboxylic acids is 1. The van der Waals surface area contributed by atoms with Gasteiger partial charge in [0.1, 0.15) is 104 Å². The molecule has 0 radical (unpaired) electrons. The number of esters is 2. The molecule has 0 unspecified atom stereocenters. The number of hydrogen-bond donors (Lipinski definition) is 15. The molecule has 3 aliphatic rings. The van der Waals surface area contributed by atoms with Gasteiger partial charge in [0.15, 0.2) is 35.4 Å². The molecule has 3 fully saturated rings. The molecular weight excluding hydrogens is 972 g/mol. The van der Waals surface area contributed by atoms with Gasteiger partial charge in [-0.1, -0.05) is 6.07 Å². The Hall–Kier alpha value is -6.70. The molecule has 0 amide bonds. The molecule has 4 heterocycles. The van der Waals surface area contributed by atoms with E-state index in [2.05, 4.69) is 0 Å². The van der Waals surface area contributed by atoms with Crippen LogP contribution in [0.4, 0.5) is 0 Å². The maximum Gasteiger partial charge on any atom is 0.402 e. The summed E-state index contributed by atoms with van der Waals surface area (Å²) in [5.41, 5.74) is -0.0752. The molecule has 15 N–H and O–H groups in total. The quantitative estimate of drug-likeness (QED) is 0.0180. The van der Waals surface area contributed by atoms with Crippen molar-refractivity contribution < 1.29 is 133 Å². The van der Waals surface area contributed by atoms with Crippen molar-refractivity contribution in [3.8, 4) is 51.6 Å². The Bertz CT molecular complexity index is 2620. The Morgan fingerprint density at radius 2 is 1.18 bits per heavy atom. The van der Waals surface area contributed by atoms with Crippen molar-refractivity contribution >= 4 is 35.0 Å². The van der Waals surface area contributed by atoms with Crippen LogP contribution in [0, 0.1) is 0 Å². The van der Waals surface area contributed by atoms with Crippen molar-refractivity contribution in [1.82, 2.24) is 0 Å². The summed E-state index contributed by atoms with van der Waals surface area (Å²) in [5.74, 6) is -7.81. The normalized spacial score (nSPS) is 30.7. The number of aromatic hydroxyl groups is 5. The summed E-state index contributed by atoms with van der Waals surface area (Å²) in [5, 5.41) is 157. The summed E-state index contributed by atoms with van der Waals surface area (Å²) in [7, 11) is 0. The molecule has 27 heteroatoms. The predicted octanol–water partition coefficient (Wildman–Crippen LogP) is -2.62. The summed E-state index contributed by atoms with van der Waals surface area (Å²) < 4.78 is 51.5. The molecule has 0 spiro atoms. The molecule has 0 aliphatic carbocycles. The standard InChI is InChI=1S/C45H48O27/c46-13-27-33(56)36(59)40(63)44(69-27)72-42-38(61)35(58)29(14-64-31(54)6-2-16-1-4-20(48)22(50)7-16)71-45(42)68-26-11-19-24(66-41(26)17-3-5-21(49)23(51)8-17)9-18(47)10-25(19)67-43-39(62)37(60)34(57)28(70-43)15-65-32(55)12-30(52)53/h1-11,27-29,33-40,42-46,56-63H,12-15H2,(H5-,47,48,49,50,51,52,53,54)/p+1/t27-,28-,29-,33-,34-,35-,36+,37+,38+,39-,40-,42-,43-,44+,45-/m1/s1. The number of carbonyl (C=O) groups is 3. The van der Waals surface area contributed by atoms with Crippen molar-refractivity contribution in [2.24, 2.45) is 0 Å². The third kappa shape index (κ3) is 11.8. The van der Waals surface area contributed by atoms with E-state index >= 15 is 0 Å². The SMILES string of the molecule is O=C(O)CC(=O)OC[C@H]1O[C@@H](Oc2cc(O)cc3[o+]c(-c4ccc(O)c(O)c4)c(O[C@@H]4O[C@H](COC(=O)C=Cc5ccc(O)c(O)c5)[C@@H](O)[C@H](O)[C@H]4O[C@@H]4O[C@H](CO)[C@@H](O)[C@H](O)[C@H]4O)cc23)[C@H](O)[C@@H](O)[C@@H]1O. The molecule has 72 heavy (non-hydrogen) atoms. The van der Waals surface area contributed by atoms with Gasteiger partial charge < -0.3 is 114 Å². The Kier molecular flexibility index (Phi) is 16.5. The van der Waals surface area contributed by atoms with Crippen LogP contribution in [0.5, 0.6) is 40.2 Å². The van der Waals surface area contributed by atoms with Crippen LogP contribution in [-0.2, 0) is 42.8 Å². The van der Waals surface area contributed by atoms with E-state index in [9.17, 15) is 85.9 Å². The van der Waals surface area contributed by atoms with Crippen molar-refractivity contribution in [2.75, 3.05) is 19.8 Å². The number of aliphatic carboxylic acids is 1. The number of phenols is 5. The first kappa shape index (κ1) is 53.1. The summed E-state index contributed by atoms with van der Waals surface area (Å²) in [6, 6.07) is 10.1. The highest BCUT2D eigenvalue weighted by molar-refractivity contribution is 5.90. The lowest BCUT2D eigenvalue weighted by molar-refractivity contribution is -0.357. The van der Waals surface area contributed by atoms with Gasteiger partial charge in [-0.05, 0) is 35.9 Å². The third-order valence-electron chi connectivity index (χ3n) is 11.5. The van der Waals surface area contributed by atoms with Gasteiger partial charge in [0, 0.05) is 24.3 Å². The minimum atomic E-state index is -2.15. The second-order valence-electron chi connectivity index (χ2n) is 16.5. The smallest absolute Gasteiger partial charge is 0.402 e. The zero-order valence-corrected chi connectivity index (χ0v) is 36.9. The fraction of sp³-hybridized carbons (Fsp3) is 0.422. The highest BCUT2D eigenvalue weighted by Gasteiger charge is 2.53. The molecule has 1 aromatic heterocycles. The van der Waals surface area contributed by atoms with Crippen molar-refractivity contribution in [2.45, 2.75) is 98.5 Å².